The van der Waals surface area contributed by atoms with Gasteiger partial charge in [0.25, 0.3) is 0 Å². The predicted molar refractivity (Wildman–Crippen MR) is 49.4 cm³/mol. The minimum Gasteiger partial charge on any atom is -0.455 e. The fourth-order valence-electron chi connectivity index (χ4n) is 3.25. The Hall–Kier alpha value is -0.830. The van der Waals surface area contributed by atoms with Crippen molar-refractivity contribution in [2.75, 3.05) is 0 Å². The molecule has 2 aliphatic carbocycles. The zero-order valence-electron chi connectivity index (χ0n) is 8.19. The van der Waals surface area contributed by atoms with Crippen molar-refractivity contribution in [2.45, 2.75) is 37.9 Å². The number of hydrogen-bond donors (Lipinski definition) is 1. The third-order valence-corrected chi connectivity index (χ3v) is 3.90. The molecule has 3 aliphatic rings. The summed E-state index contributed by atoms with van der Waals surface area (Å²) in [5.74, 6) is 0.322. The lowest BCUT2D eigenvalue weighted by Crippen LogP contribution is -2.43. The predicted octanol–water partition coefficient (Wildman–Crippen LogP) is 1.02. The molecule has 1 aliphatic heterocycles. The molecule has 0 spiro atoms. The lowest BCUT2D eigenvalue weighted by Gasteiger charge is -2.33. The number of rotatable bonds is 0. The van der Waals surface area contributed by atoms with E-state index in [1.807, 2.05) is 6.08 Å². The number of aliphatic hydroxyl groups is 1. The zero-order chi connectivity index (χ0) is 9.92. The molecule has 3 heteroatoms. The summed E-state index contributed by atoms with van der Waals surface area (Å²) in [5, 5.41) is 10.5. The first kappa shape index (κ1) is 8.48. The van der Waals surface area contributed by atoms with Crippen LogP contribution in [0.2, 0.25) is 0 Å². The summed E-state index contributed by atoms with van der Waals surface area (Å²) < 4.78 is 5.19. The molecule has 0 aromatic heterocycles. The zero-order valence-corrected chi connectivity index (χ0v) is 8.19. The van der Waals surface area contributed by atoms with E-state index in [9.17, 15) is 9.90 Å². The number of allylic oxidation sites excluding steroid dienone is 1. The van der Waals surface area contributed by atoms with Gasteiger partial charge in [-0.1, -0.05) is 13.0 Å². The van der Waals surface area contributed by atoms with Gasteiger partial charge in [-0.25, -0.2) is 4.79 Å². The van der Waals surface area contributed by atoms with E-state index in [0.29, 0.717) is 11.5 Å². The number of ether oxygens (including phenoxy) is 1. The van der Waals surface area contributed by atoms with Crippen molar-refractivity contribution in [3.63, 3.8) is 0 Å². The van der Waals surface area contributed by atoms with E-state index in [4.69, 9.17) is 4.74 Å². The summed E-state index contributed by atoms with van der Waals surface area (Å²) in [6, 6.07) is 0. The standard InChI is InChI=1S/C11H14O3/c1-6-4-7-2-3-9-11(7,13)8(5-6)10(12)14-9/h5-7,9,13H,2-4H2,1H3/t6-,7?,9+,11-/m0/s1. The maximum Gasteiger partial charge on any atom is 0.337 e. The van der Waals surface area contributed by atoms with E-state index in [2.05, 4.69) is 6.92 Å². The topological polar surface area (TPSA) is 46.5 Å². The summed E-state index contributed by atoms with van der Waals surface area (Å²) >= 11 is 0. The van der Waals surface area contributed by atoms with Gasteiger partial charge in [-0.3, -0.25) is 0 Å². The molecule has 0 aromatic rings. The number of esters is 1. The second-order valence-corrected chi connectivity index (χ2v) is 4.79. The first-order chi connectivity index (χ1) is 6.62. The second kappa shape index (κ2) is 2.40. The Kier molecular flexibility index (Phi) is 1.45. The molecular formula is C11H14O3. The van der Waals surface area contributed by atoms with E-state index in [1.54, 1.807) is 0 Å². The number of hydrogen-bond acceptors (Lipinski definition) is 3. The monoisotopic (exact) mass is 194 g/mol. The van der Waals surface area contributed by atoms with Gasteiger partial charge >= 0.3 is 5.97 Å². The van der Waals surface area contributed by atoms with Crippen LogP contribution in [0.5, 0.6) is 0 Å². The molecule has 3 nitrogen and oxygen atoms in total. The van der Waals surface area contributed by atoms with Crippen molar-refractivity contribution < 1.29 is 14.6 Å². The molecule has 0 radical (unpaired) electrons. The Bertz CT molecular complexity index is 333. The normalized spacial score (nSPS) is 50.0. The molecule has 0 aromatic carbocycles. The summed E-state index contributed by atoms with van der Waals surface area (Å²) in [6.07, 6.45) is 4.41. The van der Waals surface area contributed by atoms with Gasteiger partial charge in [0, 0.05) is 0 Å². The molecule has 76 valence electrons. The highest BCUT2D eigenvalue weighted by Crippen LogP contribution is 2.52. The van der Waals surface area contributed by atoms with E-state index >= 15 is 0 Å². The fraction of sp³-hybridized carbons (Fsp3) is 0.727. The van der Waals surface area contributed by atoms with Crippen molar-refractivity contribution in [1.82, 2.24) is 0 Å². The van der Waals surface area contributed by atoms with Crippen LogP contribution in [0.25, 0.3) is 0 Å². The van der Waals surface area contributed by atoms with Gasteiger partial charge < -0.3 is 9.84 Å². The maximum absolute atomic E-state index is 11.5. The maximum atomic E-state index is 11.5. The molecule has 2 fully saturated rings. The molecule has 0 amide bonds. The number of carbonyl (C=O) groups is 1. The molecule has 1 unspecified atom stereocenters. The van der Waals surface area contributed by atoms with Crippen molar-refractivity contribution in [3.8, 4) is 0 Å². The largest absolute Gasteiger partial charge is 0.455 e. The van der Waals surface area contributed by atoms with Gasteiger partial charge in [0.05, 0.1) is 5.57 Å². The van der Waals surface area contributed by atoms with Crippen molar-refractivity contribution in [3.05, 3.63) is 11.6 Å². The Morgan fingerprint density at radius 3 is 3.14 bits per heavy atom. The van der Waals surface area contributed by atoms with E-state index < -0.39 is 5.60 Å². The third kappa shape index (κ3) is 0.793. The molecule has 1 saturated carbocycles. The summed E-state index contributed by atoms with van der Waals surface area (Å²) in [4.78, 5) is 11.5. The summed E-state index contributed by atoms with van der Waals surface area (Å²) in [6.45, 7) is 2.09. The fourth-order valence-corrected chi connectivity index (χ4v) is 3.25. The highest BCUT2D eigenvalue weighted by molar-refractivity contribution is 5.94. The van der Waals surface area contributed by atoms with Crippen LogP contribution in [0.1, 0.15) is 26.2 Å². The Balaban J connectivity index is 2.14. The van der Waals surface area contributed by atoms with E-state index in [0.717, 1.165) is 19.3 Å². The van der Waals surface area contributed by atoms with Crippen LogP contribution in [-0.4, -0.2) is 22.8 Å². The third-order valence-electron chi connectivity index (χ3n) is 3.90. The average Bonchev–Trinajstić information content (AvgIpc) is 2.55. The second-order valence-electron chi connectivity index (χ2n) is 4.79. The van der Waals surface area contributed by atoms with E-state index in [-0.39, 0.29) is 18.0 Å². The van der Waals surface area contributed by atoms with Crippen LogP contribution >= 0.6 is 0 Å². The Labute approximate surface area is 82.8 Å². The van der Waals surface area contributed by atoms with Gasteiger partial charge in [0.1, 0.15) is 11.7 Å². The van der Waals surface area contributed by atoms with Crippen molar-refractivity contribution >= 4 is 5.97 Å². The first-order valence-corrected chi connectivity index (χ1v) is 5.28. The summed E-state index contributed by atoms with van der Waals surface area (Å²) in [5.41, 5.74) is -0.410. The quantitative estimate of drug-likeness (QED) is 0.586. The molecule has 1 saturated heterocycles. The molecule has 14 heavy (non-hydrogen) atoms. The van der Waals surface area contributed by atoms with Crippen molar-refractivity contribution in [1.29, 1.82) is 0 Å². The SMILES string of the molecule is C[C@@H]1C=C2C(=O)O[C@@H]3CCC(C1)[C@]23O. The lowest BCUT2D eigenvalue weighted by atomic mass is 9.73. The van der Waals surface area contributed by atoms with Gasteiger partial charge in [-0.15, -0.1) is 0 Å². The molecule has 4 atom stereocenters. The van der Waals surface area contributed by atoms with Crippen LogP contribution in [-0.2, 0) is 9.53 Å². The minimum atomic E-state index is -0.941. The van der Waals surface area contributed by atoms with Crippen LogP contribution < -0.4 is 0 Å². The average molecular weight is 194 g/mol. The Morgan fingerprint density at radius 2 is 2.36 bits per heavy atom. The molecule has 1 heterocycles. The van der Waals surface area contributed by atoms with Crippen LogP contribution in [0.3, 0.4) is 0 Å². The van der Waals surface area contributed by atoms with Gasteiger partial charge in [0.2, 0.25) is 0 Å². The molecular weight excluding hydrogens is 180 g/mol. The number of carbonyl (C=O) groups excluding carboxylic acids is 1. The summed E-state index contributed by atoms with van der Waals surface area (Å²) in [7, 11) is 0. The van der Waals surface area contributed by atoms with Gasteiger partial charge in [0.15, 0.2) is 0 Å². The van der Waals surface area contributed by atoms with Crippen LogP contribution in [0.4, 0.5) is 0 Å². The lowest BCUT2D eigenvalue weighted by molar-refractivity contribution is -0.140. The highest BCUT2D eigenvalue weighted by Gasteiger charge is 2.61. The van der Waals surface area contributed by atoms with Gasteiger partial charge in [-0.2, -0.15) is 0 Å². The van der Waals surface area contributed by atoms with Crippen LogP contribution in [0, 0.1) is 11.8 Å². The smallest absolute Gasteiger partial charge is 0.337 e. The molecule has 3 rings (SSSR count). The van der Waals surface area contributed by atoms with Crippen molar-refractivity contribution in [2.24, 2.45) is 11.8 Å². The van der Waals surface area contributed by atoms with Gasteiger partial charge in [-0.05, 0) is 31.1 Å². The van der Waals surface area contributed by atoms with Crippen LogP contribution in [0.15, 0.2) is 11.6 Å². The minimum absolute atomic E-state index is 0.231. The molecule has 1 N–H and O–H groups in total. The first-order valence-electron chi connectivity index (χ1n) is 5.28. The molecule has 0 bridgehead atoms. The highest BCUT2D eigenvalue weighted by atomic mass is 16.6. The van der Waals surface area contributed by atoms with E-state index in [1.165, 1.54) is 0 Å². The Morgan fingerprint density at radius 1 is 1.57 bits per heavy atom.